The smallest absolute Gasteiger partial charge is 0.322 e. The summed E-state index contributed by atoms with van der Waals surface area (Å²) in [5, 5.41) is 36.5. The van der Waals surface area contributed by atoms with Crippen molar-refractivity contribution in [3.8, 4) is 0 Å². The molecule has 7 heteroatoms. The van der Waals surface area contributed by atoms with Gasteiger partial charge in [0.2, 0.25) is 0 Å². The topological polar surface area (TPSA) is 113 Å². The van der Waals surface area contributed by atoms with Gasteiger partial charge in [0.05, 0.1) is 19.8 Å². The number of benzene rings is 1. The molecule has 0 aliphatic heterocycles. The minimum absolute atomic E-state index is 0.0377. The molecule has 0 saturated heterocycles. The number of carboxylic acids is 1. The van der Waals surface area contributed by atoms with Crippen LogP contribution < -0.4 is 5.32 Å². The highest BCUT2D eigenvalue weighted by Gasteiger charge is 2.00. The fraction of sp³-hybridized carbons (Fsp3) is 0.500. The minimum atomic E-state index is -0.853. The maximum absolute atomic E-state index is 10.1. The third-order valence-corrected chi connectivity index (χ3v) is 2.47. The van der Waals surface area contributed by atoms with Crippen molar-refractivity contribution < 1.29 is 25.2 Å². The van der Waals surface area contributed by atoms with Crippen LogP contribution in [0.4, 0.5) is 5.69 Å². The van der Waals surface area contributed by atoms with E-state index >= 15 is 0 Å². The number of hydrogen-bond donors (Lipinski definition) is 5. The first-order valence-corrected chi connectivity index (χ1v) is 6.69. The number of anilines is 1. The number of nitrogens with one attached hydrogen (secondary N) is 1. The van der Waals surface area contributed by atoms with Crippen LogP contribution in [-0.4, -0.2) is 77.3 Å². The predicted octanol–water partition coefficient (Wildman–Crippen LogP) is -0.552. The van der Waals surface area contributed by atoms with E-state index in [1.807, 2.05) is 30.3 Å². The number of aliphatic hydroxyl groups excluding tert-OH is 3. The SMILES string of the molecule is O=C(O)CNc1ccccc1.OCCN(CCO)CCO. The summed E-state index contributed by atoms with van der Waals surface area (Å²) >= 11 is 0. The first-order valence-electron chi connectivity index (χ1n) is 6.69. The quantitative estimate of drug-likeness (QED) is 0.416. The van der Waals surface area contributed by atoms with Crippen LogP contribution in [0.15, 0.2) is 30.3 Å². The zero-order valence-electron chi connectivity index (χ0n) is 12.0. The van der Waals surface area contributed by atoms with E-state index in [4.69, 9.17) is 20.4 Å². The summed E-state index contributed by atoms with van der Waals surface area (Å²) in [6, 6.07) is 9.23. The number of nitrogens with zero attached hydrogens (tertiary/aromatic N) is 1. The highest BCUT2D eigenvalue weighted by Crippen LogP contribution is 2.03. The summed E-state index contributed by atoms with van der Waals surface area (Å²) in [6.07, 6.45) is 0. The molecule has 5 N–H and O–H groups in total. The van der Waals surface area contributed by atoms with Crippen LogP contribution in [0.1, 0.15) is 0 Å². The van der Waals surface area contributed by atoms with Gasteiger partial charge >= 0.3 is 5.97 Å². The van der Waals surface area contributed by atoms with Crippen molar-refractivity contribution in [1.82, 2.24) is 4.90 Å². The van der Waals surface area contributed by atoms with Gasteiger partial charge in [-0.15, -0.1) is 0 Å². The Labute approximate surface area is 124 Å². The maximum Gasteiger partial charge on any atom is 0.322 e. The Bertz CT molecular complexity index is 347. The molecule has 7 nitrogen and oxygen atoms in total. The van der Waals surface area contributed by atoms with Gasteiger partial charge in [0.1, 0.15) is 6.54 Å². The van der Waals surface area contributed by atoms with E-state index in [2.05, 4.69) is 5.32 Å². The zero-order valence-corrected chi connectivity index (χ0v) is 12.0. The van der Waals surface area contributed by atoms with Crippen LogP contribution in [0, 0.1) is 0 Å². The maximum atomic E-state index is 10.1. The van der Waals surface area contributed by atoms with Gasteiger partial charge in [-0.3, -0.25) is 9.69 Å². The Kier molecular flexibility index (Phi) is 12.3. The van der Waals surface area contributed by atoms with Gasteiger partial charge in [-0.05, 0) is 12.1 Å². The van der Waals surface area contributed by atoms with Crippen LogP contribution in [-0.2, 0) is 4.79 Å². The fourth-order valence-electron chi connectivity index (χ4n) is 1.49. The van der Waals surface area contributed by atoms with Gasteiger partial charge in [-0.1, -0.05) is 18.2 Å². The number of carboxylic acid groups (broad SMARTS) is 1. The van der Waals surface area contributed by atoms with Crippen LogP contribution in [0.5, 0.6) is 0 Å². The molecule has 1 rings (SSSR count). The van der Waals surface area contributed by atoms with Crippen LogP contribution in [0.3, 0.4) is 0 Å². The lowest BCUT2D eigenvalue weighted by Gasteiger charge is -2.17. The molecule has 0 atom stereocenters. The van der Waals surface area contributed by atoms with E-state index in [9.17, 15) is 4.79 Å². The molecular weight excluding hydrogens is 276 g/mol. The van der Waals surface area contributed by atoms with Gasteiger partial charge in [0.25, 0.3) is 0 Å². The molecule has 1 aromatic rings. The molecule has 120 valence electrons. The Balaban J connectivity index is 0.000000384. The average Bonchev–Trinajstić information content (AvgIpc) is 2.48. The van der Waals surface area contributed by atoms with Crippen LogP contribution >= 0.6 is 0 Å². The van der Waals surface area contributed by atoms with Gasteiger partial charge in [0.15, 0.2) is 0 Å². The molecule has 1 aromatic carbocycles. The van der Waals surface area contributed by atoms with E-state index in [-0.39, 0.29) is 26.4 Å². The summed E-state index contributed by atoms with van der Waals surface area (Å²) in [4.78, 5) is 11.9. The van der Waals surface area contributed by atoms with Crippen LogP contribution in [0.25, 0.3) is 0 Å². The minimum Gasteiger partial charge on any atom is -0.480 e. The summed E-state index contributed by atoms with van der Waals surface area (Å²) in [5.74, 6) is -0.853. The molecule has 0 heterocycles. The Hall–Kier alpha value is -1.67. The van der Waals surface area contributed by atoms with E-state index in [0.717, 1.165) is 5.69 Å². The lowest BCUT2D eigenvalue weighted by Crippen LogP contribution is -2.32. The van der Waals surface area contributed by atoms with Crippen molar-refractivity contribution in [2.24, 2.45) is 0 Å². The Morgan fingerprint density at radius 3 is 1.81 bits per heavy atom. The third-order valence-electron chi connectivity index (χ3n) is 2.47. The standard InChI is InChI=1S/C8H9NO2.C6H15NO3/c10-8(11)6-9-7-4-2-1-3-5-7;8-4-1-7(2-5-9)3-6-10/h1-5,9H,6H2,(H,10,11);8-10H,1-6H2. The highest BCUT2D eigenvalue weighted by molar-refractivity contribution is 5.72. The molecule has 0 aliphatic carbocycles. The van der Waals surface area contributed by atoms with Gasteiger partial charge in [-0.2, -0.15) is 0 Å². The summed E-state index contributed by atoms with van der Waals surface area (Å²) in [5.41, 5.74) is 0.829. The molecule has 0 unspecified atom stereocenters. The molecule has 0 amide bonds. The van der Waals surface area contributed by atoms with Crippen molar-refractivity contribution in [2.75, 3.05) is 51.3 Å². The number of aliphatic carboxylic acids is 1. The second kappa shape index (κ2) is 13.3. The average molecular weight is 300 g/mol. The molecule has 0 spiro atoms. The second-order valence-corrected chi connectivity index (χ2v) is 4.13. The fourth-order valence-corrected chi connectivity index (χ4v) is 1.49. The molecule has 0 fully saturated rings. The lowest BCUT2D eigenvalue weighted by atomic mass is 10.3. The van der Waals surface area contributed by atoms with Crippen molar-refractivity contribution in [1.29, 1.82) is 0 Å². The number of rotatable bonds is 9. The number of hydrogen-bond acceptors (Lipinski definition) is 6. The highest BCUT2D eigenvalue weighted by atomic mass is 16.4. The van der Waals surface area contributed by atoms with Crippen molar-refractivity contribution in [2.45, 2.75) is 0 Å². The monoisotopic (exact) mass is 300 g/mol. The van der Waals surface area contributed by atoms with Gasteiger partial charge in [-0.25, -0.2) is 0 Å². The van der Waals surface area contributed by atoms with Gasteiger partial charge < -0.3 is 25.7 Å². The molecule has 0 bridgehead atoms. The molecule has 21 heavy (non-hydrogen) atoms. The molecule has 0 aromatic heterocycles. The van der Waals surface area contributed by atoms with Crippen molar-refractivity contribution in [3.63, 3.8) is 0 Å². The molecule has 0 saturated carbocycles. The normalized spacial score (nSPS) is 9.90. The molecular formula is C14H24N2O5. The first-order chi connectivity index (χ1) is 10.1. The number of carbonyl (C=O) groups is 1. The van der Waals surface area contributed by atoms with E-state index in [1.54, 1.807) is 4.90 Å². The number of para-hydroxylation sites is 1. The van der Waals surface area contributed by atoms with Gasteiger partial charge in [0, 0.05) is 25.3 Å². The van der Waals surface area contributed by atoms with E-state index in [1.165, 1.54) is 0 Å². The Morgan fingerprint density at radius 1 is 0.952 bits per heavy atom. The predicted molar refractivity (Wildman–Crippen MR) is 80.3 cm³/mol. The van der Waals surface area contributed by atoms with Crippen LogP contribution in [0.2, 0.25) is 0 Å². The summed E-state index contributed by atoms with van der Waals surface area (Å²) in [7, 11) is 0. The molecule has 0 radical (unpaired) electrons. The lowest BCUT2D eigenvalue weighted by molar-refractivity contribution is -0.134. The largest absolute Gasteiger partial charge is 0.480 e. The van der Waals surface area contributed by atoms with Crippen molar-refractivity contribution in [3.05, 3.63) is 30.3 Å². The first kappa shape index (κ1) is 19.3. The second-order valence-electron chi connectivity index (χ2n) is 4.13. The third kappa shape index (κ3) is 11.8. The Morgan fingerprint density at radius 2 is 1.43 bits per heavy atom. The van der Waals surface area contributed by atoms with E-state index < -0.39 is 5.97 Å². The number of aliphatic hydroxyl groups is 3. The van der Waals surface area contributed by atoms with Crippen molar-refractivity contribution >= 4 is 11.7 Å². The molecule has 0 aliphatic rings. The summed E-state index contributed by atoms with van der Waals surface area (Å²) in [6.45, 7) is 1.72. The van der Waals surface area contributed by atoms with E-state index in [0.29, 0.717) is 19.6 Å². The summed E-state index contributed by atoms with van der Waals surface area (Å²) < 4.78 is 0. The zero-order chi connectivity index (χ0) is 15.9.